The minimum atomic E-state index is -1.19. The number of aliphatic hydroxyl groups is 4. The number of likely N-dealkylation sites (tertiary alicyclic amines) is 1. The Bertz CT molecular complexity index is 199. The predicted molar refractivity (Wildman–Crippen MR) is 50.7 cm³/mol. The van der Waals surface area contributed by atoms with Crippen LogP contribution in [0.5, 0.6) is 0 Å². The summed E-state index contributed by atoms with van der Waals surface area (Å²) in [6.45, 7) is 3.99. The molecule has 0 aromatic carbocycles. The van der Waals surface area contributed by atoms with Gasteiger partial charge >= 0.3 is 0 Å². The number of hydrogen-bond acceptors (Lipinski definition) is 5. The SMILES string of the molecule is C=CCN1C[C@H](O)[C@@H](O)[C@H](O)[C@H]1CO. The van der Waals surface area contributed by atoms with Crippen LogP contribution in [0.2, 0.25) is 0 Å². The number of rotatable bonds is 3. The molecule has 4 N–H and O–H groups in total. The molecule has 1 saturated heterocycles. The predicted octanol–water partition coefficient (Wildman–Crippen LogP) is -2.07. The quantitative estimate of drug-likeness (QED) is 0.396. The molecular weight excluding hydrogens is 186 g/mol. The van der Waals surface area contributed by atoms with E-state index in [1.54, 1.807) is 11.0 Å². The normalized spacial score (nSPS) is 39.7. The Balaban J connectivity index is 2.70. The molecule has 0 radical (unpaired) electrons. The first kappa shape index (κ1) is 11.6. The molecule has 82 valence electrons. The van der Waals surface area contributed by atoms with Crippen LogP contribution in [-0.2, 0) is 0 Å². The molecule has 4 atom stereocenters. The van der Waals surface area contributed by atoms with E-state index >= 15 is 0 Å². The molecule has 1 aliphatic heterocycles. The fourth-order valence-electron chi connectivity index (χ4n) is 1.75. The summed E-state index contributed by atoms with van der Waals surface area (Å²) < 4.78 is 0. The second-order valence-electron chi connectivity index (χ2n) is 3.54. The van der Waals surface area contributed by atoms with Crippen LogP contribution in [-0.4, -0.2) is 69.4 Å². The average Bonchev–Trinajstić information content (AvgIpc) is 2.16. The van der Waals surface area contributed by atoms with Crippen molar-refractivity contribution in [3.05, 3.63) is 12.7 Å². The van der Waals surface area contributed by atoms with Crippen molar-refractivity contribution in [2.24, 2.45) is 0 Å². The summed E-state index contributed by atoms with van der Waals surface area (Å²) in [4.78, 5) is 1.69. The van der Waals surface area contributed by atoms with E-state index in [9.17, 15) is 15.3 Å². The number of piperidine rings is 1. The summed E-state index contributed by atoms with van der Waals surface area (Å²) in [7, 11) is 0. The zero-order valence-corrected chi connectivity index (χ0v) is 7.95. The molecule has 0 unspecified atom stereocenters. The fourth-order valence-corrected chi connectivity index (χ4v) is 1.75. The standard InChI is InChI=1S/C9H17NO4/c1-2-3-10-4-7(12)9(14)8(13)6(10)5-11/h2,6-9,11-14H,1,3-5H2/t6-,7+,8-,9-/m1/s1. The van der Waals surface area contributed by atoms with Crippen LogP contribution in [0.1, 0.15) is 0 Å². The third-order valence-corrected chi connectivity index (χ3v) is 2.58. The zero-order valence-electron chi connectivity index (χ0n) is 7.95. The van der Waals surface area contributed by atoms with Crippen molar-refractivity contribution in [1.82, 2.24) is 4.90 Å². The molecule has 1 aliphatic rings. The number of hydrogen-bond donors (Lipinski definition) is 4. The highest BCUT2D eigenvalue weighted by atomic mass is 16.4. The van der Waals surface area contributed by atoms with Crippen LogP contribution in [0.15, 0.2) is 12.7 Å². The highest BCUT2D eigenvalue weighted by Gasteiger charge is 2.40. The minimum Gasteiger partial charge on any atom is -0.395 e. The van der Waals surface area contributed by atoms with Crippen molar-refractivity contribution in [2.45, 2.75) is 24.4 Å². The van der Waals surface area contributed by atoms with Gasteiger partial charge in [0.15, 0.2) is 0 Å². The second-order valence-corrected chi connectivity index (χ2v) is 3.54. The number of β-amino-alcohol motifs (C(OH)–C–C–N with tert-alkyl or cyclic N) is 1. The molecule has 0 amide bonds. The minimum absolute atomic E-state index is 0.232. The molecule has 0 spiro atoms. The summed E-state index contributed by atoms with van der Waals surface area (Å²) in [5.41, 5.74) is 0. The van der Waals surface area contributed by atoms with Gasteiger partial charge in [-0.15, -0.1) is 6.58 Å². The topological polar surface area (TPSA) is 84.2 Å². The summed E-state index contributed by atoms with van der Waals surface area (Å²) in [5, 5.41) is 37.4. The van der Waals surface area contributed by atoms with Crippen molar-refractivity contribution in [2.75, 3.05) is 19.7 Å². The van der Waals surface area contributed by atoms with Gasteiger partial charge in [0.1, 0.15) is 12.2 Å². The monoisotopic (exact) mass is 203 g/mol. The zero-order chi connectivity index (χ0) is 10.7. The lowest BCUT2D eigenvalue weighted by atomic mass is 9.94. The maximum atomic E-state index is 9.56. The molecule has 0 saturated carbocycles. The number of aliphatic hydroxyl groups excluding tert-OH is 4. The third kappa shape index (κ3) is 2.13. The smallest absolute Gasteiger partial charge is 0.109 e. The van der Waals surface area contributed by atoms with Gasteiger partial charge in [0.25, 0.3) is 0 Å². The summed E-state index contributed by atoms with van der Waals surface area (Å²) >= 11 is 0. The second kappa shape index (κ2) is 4.86. The van der Waals surface area contributed by atoms with Crippen LogP contribution in [0.25, 0.3) is 0 Å². The lowest BCUT2D eigenvalue weighted by molar-refractivity contribution is -0.142. The molecule has 14 heavy (non-hydrogen) atoms. The first-order chi connectivity index (χ1) is 6.61. The van der Waals surface area contributed by atoms with Gasteiger partial charge in [0.05, 0.1) is 18.8 Å². The van der Waals surface area contributed by atoms with Gasteiger partial charge in [-0.3, -0.25) is 4.90 Å². The Morgan fingerprint density at radius 1 is 1.29 bits per heavy atom. The van der Waals surface area contributed by atoms with Crippen LogP contribution in [0.3, 0.4) is 0 Å². The van der Waals surface area contributed by atoms with Crippen LogP contribution in [0, 0.1) is 0 Å². The Kier molecular flexibility index (Phi) is 4.03. The lowest BCUT2D eigenvalue weighted by Crippen LogP contribution is -2.62. The van der Waals surface area contributed by atoms with Crippen molar-refractivity contribution in [1.29, 1.82) is 0 Å². The molecular formula is C9H17NO4. The molecule has 0 aliphatic carbocycles. The van der Waals surface area contributed by atoms with Gasteiger partial charge in [0.2, 0.25) is 0 Å². The Morgan fingerprint density at radius 2 is 1.93 bits per heavy atom. The van der Waals surface area contributed by atoms with E-state index in [1.807, 2.05) is 0 Å². The first-order valence-electron chi connectivity index (χ1n) is 4.61. The van der Waals surface area contributed by atoms with Crippen molar-refractivity contribution in [3.8, 4) is 0 Å². The van der Waals surface area contributed by atoms with E-state index in [2.05, 4.69) is 6.58 Å². The highest BCUT2D eigenvalue weighted by molar-refractivity contribution is 4.95. The first-order valence-corrected chi connectivity index (χ1v) is 4.61. The van der Waals surface area contributed by atoms with E-state index in [0.29, 0.717) is 6.54 Å². The third-order valence-electron chi connectivity index (χ3n) is 2.58. The summed E-state index contributed by atoms with van der Waals surface area (Å²) in [5.74, 6) is 0. The van der Waals surface area contributed by atoms with Crippen LogP contribution < -0.4 is 0 Å². The van der Waals surface area contributed by atoms with E-state index in [0.717, 1.165) is 0 Å². The van der Waals surface area contributed by atoms with E-state index in [4.69, 9.17) is 5.11 Å². The summed E-state index contributed by atoms with van der Waals surface area (Å²) in [6, 6.07) is -0.536. The van der Waals surface area contributed by atoms with Gasteiger partial charge < -0.3 is 20.4 Å². The number of nitrogens with zero attached hydrogens (tertiary/aromatic N) is 1. The van der Waals surface area contributed by atoms with Crippen molar-refractivity contribution < 1.29 is 20.4 Å². The van der Waals surface area contributed by atoms with Crippen molar-refractivity contribution in [3.63, 3.8) is 0 Å². The average molecular weight is 203 g/mol. The fraction of sp³-hybridized carbons (Fsp3) is 0.778. The molecule has 0 aromatic rings. The van der Waals surface area contributed by atoms with E-state index in [1.165, 1.54) is 0 Å². The van der Waals surface area contributed by atoms with Crippen molar-refractivity contribution >= 4 is 0 Å². The highest BCUT2D eigenvalue weighted by Crippen LogP contribution is 2.18. The molecule has 1 heterocycles. The Labute approximate surface area is 82.9 Å². The van der Waals surface area contributed by atoms with Crippen LogP contribution in [0.4, 0.5) is 0 Å². The van der Waals surface area contributed by atoms with E-state index in [-0.39, 0.29) is 13.2 Å². The Hall–Kier alpha value is -0.460. The van der Waals surface area contributed by atoms with Gasteiger partial charge in [-0.05, 0) is 0 Å². The van der Waals surface area contributed by atoms with Gasteiger partial charge in [-0.25, -0.2) is 0 Å². The maximum Gasteiger partial charge on any atom is 0.109 e. The molecule has 1 fully saturated rings. The maximum absolute atomic E-state index is 9.56. The molecule has 0 aromatic heterocycles. The van der Waals surface area contributed by atoms with Gasteiger partial charge in [0, 0.05) is 13.1 Å². The van der Waals surface area contributed by atoms with Crippen LogP contribution >= 0.6 is 0 Å². The van der Waals surface area contributed by atoms with Gasteiger partial charge in [-0.2, -0.15) is 0 Å². The molecule has 1 rings (SSSR count). The van der Waals surface area contributed by atoms with Gasteiger partial charge in [-0.1, -0.05) is 6.08 Å². The largest absolute Gasteiger partial charge is 0.395 e. The summed E-state index contributed by atoms with van der Waals surface area (Å²) in [6.07, 6.45) is -1.66. The molecule has 5 heteroatoms. The van der Waals surface area contributed by atoms with E-state index < -0.39 is 24.4 Å². The lowest BCUT2D eigenvalue weighted by Gasteiger charge is -2.42. The Morgan fingerprint density at radius 3 is 2.43 bits per heavy atom. The molecule has 0 bridgehead atoms. The molecule has 5 nitrogen and oxygen atoms in total.